The Morgan fingerprint density at radius 2 is 1.67 bits per heavy atom. The largest absolute Gasteiger partial charge is 0.497 e. The van der Waals surface area contributed by atoms with Gasteiger partial charge in [-0.2, -0.15) is 0 Å². The minimum atomic E-state index is 0.00929. The number of methoxy groups -OCH3 is 1. The maximum absolute atomic E-state index is 12.3. The predicted molar refractivity (Wildman–Crippen MR) is 141 cm³/mol. The number of rotatable bonds is 13. The number of amides is 1. The van der Waals surface area contributed by atoms with Crippen LogP contribution in [0.1, 0.15) is 24.7 Å². The Kier molecular flexibility index (Phi) is 8.81. The zero-order valence-electron chi connectivity index (χ0n) is 20.9. The van der Waals surface area contributed by atoms with Gasteiger partial charge >= 0.3 is 0 Å². The number of aryl methyl sites for hydroxylation is 1. The number of fused-ring (bicyclic) bond motifs is 1. The van der Waals surface area contributed by atoms with Crippen molar-refractivity contribution >= 4 is 16.9 Å². The number of hydrogen-bond acceptors (Lipinski definition) is 5. The molecule has 188 valence electrons. The van der Waals surface area contributed by atoms with E-state index < -0.39 is 0 Å². The van der Waals surface area contributed by atoms with Crippen LogP contribution in [0.5, 0.6) is 17.2 Å². The van der Waals surface area contributed by atoms with Crippen LogP contribution in [0.4, 0.5) is 0 Å². The van der Waals surface area contributed by atoms with Crippen molar-refractivity contribution in [3.05, 3.63) is 84.2 Å². The van der Waals surface area contributed by atoms with Crippen molar-refractivity contribution in [3.8, 4) is 17.2 Å². The summed E-state index contributed by atoms with van der Waals surface area (Å²) in [7, 11) is 1.63. The molecular formula is C29H33N3O4. The van der Waals surface area contributed by atoms with Crippen molar-refractivity contribution in [3.63, 3.8) is 0 Å². The molecule has 0 aliphatic carbocycles. The van der Waals surface area contributed by atoms with Crippen LogP contribution in [0.2, 0.25) is 0 Å². The minimum Gasteiger partial charge on any atom is -0.497 e. The number of carbonyl (C=O) groups excluding carboxylic acids is 1. The van der Waals surface area contributed by atoms with Crippen LogP contribution >= 0.6 is 0 Å². The summed E-state index contributed by atoms with van der Waals surface area (Å²) in [6.45, 7) is 4.31. The highest BCUT2D eigenvalue weighted by Gasteiger charge is 2.12. The normalized spacial score (nSPS) is 10.8. The second kappa shape index (κ2) is 12.6. The van der Waals surface area contributed by atoms with Gasteiger partial charge in [0.25, 0.3) is 0 Å². The Hall–Kier alpha value is -4.00. The molecule has 0 fully saturated rings. The van der Waals surface area contributed by atoms with Crippen LogP contribution in [0.25, 0.3) is 11.0 Å². The van der Waals surface area contributed by atoms with Gasteiger partial charge in [-0.1, -0.05) is 36.4 Å². The summed E-state index contributed by atoms with van der Waals surface area (Å²) in [6, 6.07) is 23.4. The predicted octanol–water partition coefficient (Wildman–Crippen LogP) is 4.81. The first kappa shape index (κ1) is 25.1. The fourth-order valence-electron chi connectivity index (χ4n) is 4.12. The molecule has 0 spiro atoms. The van der Waals surface area contributed by atoms with Crippen molar-refractivity contribution in [1.82, 2.24) is 14.9 Å². The van der Waals surface area contributed by atoms with Crippen LogP contribution < -0.4 is 19.5 Å². The van der Waals surface area contributed by atoms with E-state index in [1.54, 1.807) is 7.11 Å². The average molecular weight is 488 g/mol. The van der Waals surface area contributed by atoms with Crippen molar-refractivity contribution in [2.45, 2.75) is 32.7 Å². The third-order valence-corrected chi connectivity index (χ3v) is 5.88. The summed E-state index contributed by atoms with van der Waals surface area (Å²) in [6.07, 6.45) is 1.90. The molecule has 7 nitrogen and oxygen atoms in total. The van der Waals surface area contributed by atoms with Gasteiger partial charge in [-0.05, 0) is 55.3 Å². The maximum atomic E-state index is 12.3. The molecular weight excluding hydrogens is 454 g/mol. The quantitative estimate of drug-likeness (QED) is 0.274. The summed E-state index contributed by atoms with van der Waals surface area (Å²) in [4.78, 5) is 17.2. The van der Waals surface area contributed by atoms with Crippen LogP contribution in [-0.4, -0.2) is 42.3 Å². The van der Waals surface area contributed by atoms with Gasteiger partial charge < -0.3 is 24.1 Å². The lowest BCUT2D eigenvalue weighted by molar-refractivity contribution is -0.120. The number of nitrogens with zero attached hydrogens (tertiary/aromatic N) is 2. The number of imidazole rings is 1. The summed E-state index contributed by atoms with van der Waals surface area (Å²) in [5.74, 6) is 3.27. The molecule has 0 bridgehead atoms. The number of benzene rings is 3. The van der Waals surface area contributed by atoms with Gasteiger partial charge in [-0.25, -0.2) is 4.98 Å². The van der Waals surface area contributed by atoms with E-state index in [1.807, 2.05) is 73.7 Å². The maximum Gasteiger partial charge on any atom is 0.224 e. The van der Waals surface area contributed by atoms with E-state index in [4.69, 9.17) is 19.2 Å². The Morgan fingerprint density at radius 3 is 2.42 bits per heavy atom. The van der Waals surface area contributed by atoms with Crippen LogP contribution in [0, 0.1) is 0 Å². The number of nitrogens with one attached hydrogen (secondary N) is 1. The number of carbonyl (C=O) groups is 1. The fourth-order valence-corrected chi connectivity index (χ4v) is 4.12. The molecule has 3 aromatic carbocycles. The third-order valence-electron chi connectivity index (χ3n) is 5.88. The first-order valence-corrected chi connectivity index (χ1v) is 12.4. The lowest BCUT2D eigenvalue weighted by Gasteiger charge is -2.13. The van der Waals surface area contributed by atoms with Gasteiger partial charge in [0.1, 0.15) is 18.2 Å². The molecule has 4 rings (SSSR count). The Morgan fingerprint density at radius 1 is 0.944 bits per heavy atom. The third kappa shape index (κ3) is 6.56. The zero-order chi connectivity index (χ0) is 25.2. The molecule has 0 aliphatic rings. The number of ether oxygens (including phenoxy) is 3. The van der Waals surface area contributed by atoms with E-state index in [1.165, 1.54) is 0 Å². The number of para-hydroxylation sites is 4. The van der Waals surface area contributed by atoms with E-state index in [9.17, 15) is 4.79 Å². The van der Waals surface area contributed by atoms with E-state index >= 15 is 0 Å². The van der Waals surface area contributed by atoms with Crippen LogP contribution in [-0.2, 0) is 24.2 Å². The average Bonchev–Trinajstić information content (AvgIpc) is 3.25. The highest BCUT2D eigenvalue weighted by Crippen LogP contribution is 2.26. The van der Waals surface area contributed by atoms with Crippen molar-refractivity contribution < 1.29 is 19.0 Å². The minimum absolute atomic E-state index is 0.00929. The van der Waals surface area contributed by atoms with Gasteiger partial charge in [0.15, 0.2) is 11.5 Å². The van der Waals surface area contributed by atoms with Crippen molar-refractivity contribution in [2.24, 2.45) is 0 Å². The smallest absolute Gasteiger partial charge is 0.224 e. The molecule has 4 aromatic rings. The monoisotopic (exact) mass is 487 g/mol. The molecule has 0 saturated carbocycles. The first-order chi connectivity index (χ1) is 17.7. The molecule has 1 N–H and O–H groups in total. The molecule has 0 aliphatic heterocycles. The number of hydrogen-bond donors (Lipinski definition) is 1. The molecule has 7 heteroatoms. The lowest BCUT2D eigenvalue weighted by atomic mass is 10.1. The molecule has 0 saturated heterocycles. The lowest BCUT2D eigenvalue weighted by Crippen LogP contribution is -2.26. The Balaban J connectivity index is 1.32. The first-order valence-electron chi connectivity index (χ1n) is 12.4. The SMILES string of the molecule is CCOc1ccccc1OCCn1c(CCCNC(=O)Cc2ccc(OC)cc2)nc2ccccc21. The van der Waals surface area contributed by atoms with E-state index in [-0.39, 0.29) is 5.91 Å². The van der Waals surface area contributed by atoms with E-state index in [0.717, 1.165) is 52.5 Å². The molecule has 36 heavy (non-hydrogen) atoms. The van der Waals surface area contributed by atoms with E-state index in [2.05, 4.69) is 16.0 Å². The van der Waals surface area contributed by atoms with Crippen molar-refractivity contribution in [1.29, 1.82) is 0 Å². The Bertz CT molecular complexity index is 1270. The standard InChI is InChI=1S/C29H33N3O4/c1-3-35-26-11-6-7-12-27(26)36-20-19-32-25-10-5-4-9-24(25)31-28(32)13-8-18-30-29(33)21-22-14-16-23(34-2)17-15-22/h4-7,9-12,14-17H,3,8,13,18-21H2,1-2H3,(H,30,33). The molecule has 1 heterocycles. The van der Waals surface area contributed by atoms with Gasteiger partial charge in [0.05, 0.1) is 37.7 Å². The summed E-state index contributed by atoms with van der Waals surface area (Å²) in [5, 5.41) is 3.02. The van der Waals surface area contributed by atoms with Gasteiger partial charge in [0, 0.05) is 13.0 Å². The Labute approximate surface area is 212 Å². The van der Waals surface area contributed by atoms with Crippen LogP contribution in [0.15, 0.2) is 72.8 Å². The second-order valence-corrected chi connectivity index (χ2v) is 8.37. The molecule has 1 amide bonds. The molecule has 0 atom stereocenters. The summed E-state index contributed by atoms with van der Waals surface area (Å²) < 4.78 is 19.1. The summed E-state index contributed by atoms with van der Waals surface area (Å²) >= 11 is 0. The highest BCUT2D eigenvalue weighted by atomic mass is 16.5. The van der Waals surface area contributed by atoms with Gasteiger partial charge in [-0.3, -0.25) is 4.79 Å². The van der Waals surface area contributed by atoms with Crippen molar-refractivity contribution in [2.75, 3.05) is 26.9 Å². The zero-order valence-corrected chi connectivity index (χ0v) is 20.9. The summed E-state index contributed by atoms with van der Waals surface area (Å²) in [5.41, 5.74) is 3.00. The van der Waals surface area contributed by atoms with Crippen LogP contribution in [0.3, 0.4) is 0 Å². The molecule has 0 radical (unpaired) electrons. The highest BCUT2D eigenvalue weighted by molar-refractivity contribution is 5.78. The van der Waals surface area contributed by atoms with Gasteiger partial charge in [0.2, 0.25) is 5.91 Å². The second-order valence-electron chi connectivity index (χ2n) is 8.37. The number of aromatic nitrogens is 2. The van der Waals surface area contributed by atoms with Gasteiger partial charge in [-0.15, -0.1) is 0 Å². The molecule has 1 aromatic heterocycles. The topological polar surface area (TPSA) is 74.6 Å². The van der Waals surface area contributed by atoms with E-state index in [0.29, 0.717) is 32.7 Å². The molecule has 0 unspecified atom stereocenters. The fraction of sp³-hybridized carbons (Fsp3) is 0.310.